The highest BCUT2D eigenvalue weighted by molar-refractivity contribution is 6.30. The molecule has 0 saturated carbocycles. The van der Waals surface area contributed by atoms with Crippen LogP contribution in [-0.2, 0) is 0 Å². The van der Waals surface area contributed by atoms with Gasteiger partial charge in [-0.05, 0) is 44.5 Å². The predicted molar refractivity (Wildman–Crippen MR) is 80.3 cm³/mol. The summed E-state index contributed by atoms with van der Waals surface area (Å²) in [6.45, 7) is 6.46. The Morgan fingerprint density at radius 2 is 1.67 bits per heavy atom. The van der Waals surface area contributed by atoms with E-state index in [1.54, 1.807) is 0 Å². The van der Waals surface area contributed by atoms with Crippen molar-refractivity contribution in [3.05, 3.63) is 53.6 Å². The van der Waals surface area contributed by atoms with Gasteiger partial charge in [-0.1, -0.05) is 41.9 Å². The number of rotatable bonds is 2. The lowest BCUT2D eigenvalue weighted by atomic mass is 10.0. The molecule has 0 aliphatic carbocycles. The van der Waals surface area contributed by atoms with Gasteiger partial charge in [-0.3, -0.25) is 0 Å². The van der Waals surface area contributed by atoms with Gasteiger partial charge in [0.1, 0.15) is 0 Å². The maximum Gasteiger partial charge on any atom is 0.0423 e. The Bertz CT molecular complexity index is 541. The molecule has 0 fully saturated rings. The van der Waals surface area contributed by atoms with E-state index in [4.69, 9.17) is 11.6 Å². The smallest absolute Gasteiger partial charge is 0.0423 e. The van der Waals surface area contributed by atoms with Crippen molar-refractivity contribution >= 4 is 17.3 Å². The van der Waals surface area contributed by atoms with Crippen LogP contribution in [0.2, 0.25) is 5.02 Å². The minimum absolute atomic E-state index is 0.0364. The number of hydrogen-bond acceptors (Lipinski definition) is 1. The standard InChI is InChI=1S/C16H18ClN/c1-16(2,3)18-15-10-5-4-9-14(15)12-7-6-8-13(17)11-12/h4-11,18H,1-3H3. The lowest BCUT2D eigenvalue weighted by Gasteiger charge is -2.24. The molecule has 2 aromatic carbocycles. The second kappa shape index (κ2) is 5.03. The van der Waals surface area contributed by atoms with E-state index in [0.717, 1.165) is 16.3 Å². The van der Waals surface area contributed by atoms with Crippen LogP contribution < -0.4 is 5.32 Å². The second-order valence-corrected chi connectivity index (χ2v) is 5.87. The summed E-state index contributed by atoms with van der Waals surface area (Å²) in [6.07, 6.45) is 0. The van der Waals surface area contributed by atoms with Crippen LogP contribution in [0, 0.1) is 0 Å². The van der Waals surface area contributed by atoms with Crippen LogP contribution in [0.15, 0.2) is 48.5 Å². The molecule has 0 heterocycles. The van der Waals surface area contributed by atoms with Gasteiger partial charge in [0.2, 0.25) is 0 Å². The van der Waals surface area contributed by atoms with Crippen molar-refractivity contribution in [3.8, 4) is 11.1 Å². The van der Waals surface area contributed by atoms with Crippen LogP contribution in [0.1, 0.15) is 20.8 Å². The lowest BCUT2D eigenvalue weighted by Crippen LogP contribution is -2.26. The second-order valence-electron chi connectivity index (χ2n) is 5.43. The summed E-state index contributed by atoms with van der Waals surface area (Å²) in [7, 11) is 0. The van der Waals surface area contributed by atoms with Crippen LogP contribution in [0.5, 0.6) is 0 Å². The van der Waals surface area contributed by atoms with Gasteiger partial charge in [0.15, 0.2) is 0 Å². The van der Waals surface area contributed by atoms with Gasteiger partial charge in [-0.25, -0.2) is 0 Å². The van der Waals surface area contributed by atoms with Crippen LogP contribution in [0.4, 0.5) is 5.69 Å². The molecule has 0 unspecified atom stereocenters. The van der Waals surface area contributed by atoms with E-state index in [1.807, 2.05) is 30.3 Å². The first-order valence-corrected chi connectivity index (χ1v) is 6.47. The van der Waals surface area contributed by atoms with E-state index in [-0.39, 0.29) is 5.54 Å². The Hall–Kier alpha value is -1.47. The number of para-hydroxylation sites is 1. The van der Waals surface area contributed by atoms with E-state index in [0.29, 0.717) is 0 Å². The average Bonchev–Trinajstić information content (AvgIpc) is 2.27. The van der Waals surface area contributed by atoms with E-state index >= 15 is 0 Å². The fourth-order valence-electron chi connectivity index (χ4n) is 1.90. The number of benzene rings is 2. The SMILES string of the molecule is CC(C)(C)Nc1ccccc1-c1cccc(Cl)c1. The summed E-state index contributed by atoms with van der Waals surface area (Å²) in [5.74, 6) is 0. The molecule has 94 valence electrons. The molecule has 0 saturated heterocycles. The zero-order valence-corrected chi connectivity index (χ0v) is 11.8. The highest BCUT2D eigenvalue weighted by Gasteiger charge is 2.12. The Morgan fingerprint density at radius 1 is 0.944 bits per heavy atom. The summed E-state index contributed by atoms with van der Waals surface area (Å²) in [5.41, 5.74) is 3.48. The van der Waals surface area contributed by atoms with Gasteiger partial charge >= 0.3 is 0 Å². The number of halogens is 1. The van der Waals surface area contributed by atoms with Crippen molar-refractivity contribution in [2.45, 2.75) is 26.3 Å². The summed E-state index contributed by atoms with van der Waals surface area (Å²) in [4.78, 5) is 0. The molecular formula is C16H18ClN. The average molecular weight is 260 g/mol. The molecule has 18 heavy (non-hydrogen) atoms. The Morgan fingerprint density at radius 3 is 2.33 bits per heavy atom. The van der Waals surface area contributed by atoms with Gasteiger partial charge in [-0.15, -0.1) is 0 Å². The van der Waals surface area contributed by atoms with Crippen LogP contribution in [-0.4, -0.2) is 5.54 Å². The summed E-state index contributed by atoms with van der Waals surface area (Å²) in [5, 5.41) is 4.29. The predicted octanol–water partition coefficient (Wildman–Crippen LogP) is 5.22. The lowest BCUT2D eigenvalue weighted by molar-refractivity contribution is 0.634. The first-order valence-electron chi connectivity index (χ1n) is 6.09. The van der Waals surface area contributed by atoms with Crippen molar-refractivity contribution in [2.75, 3.05) is 5.32 Å². The third-order valence-electron chi connectivity index (χ3n) is 2.57. The quantitative estimate of drug-likeness (QED) is 0.780. The molecule has 0 amide bonds. The molecule has 0 aliphatic rings. The first kappa shape index (κ1) is 13.0. The highest BCUT2D eigenvalue weighted by Crippen LogP contribution is 2.31. The molecule has 0 aliphatic heterocycles. The number of nitrogens with one attached hydrogen (secondary N) is 1. The summed E-state index contributed by atoms with van der Waals surface area (Å²) < 4.78 is 0. The minimum Gasteiger partial charge on any atom is -0.380 e. The van der Waals surface area contributed by atoms with Gasteiger partial charge < -0.3 is 5.32 Å². The molecule has 2 aromatic rings. The van der Waals surface area contributed by atoms with Crippen molar-refractivity contribution in [1.82, 2.24) is 0 Å². The number of hydrogen-bond donors (Lipinski definition) is 1. The third-order valence-corrected chi connectivity index (χ3v) is 2.81. The molecule has 0 spiro atoms. The monoisotopic (exact) mass is 259 g/mol. The molecule has 1 N–H and O–H groups in total. The molecule has 2 rings (SSSR count). The molecule has 1 nitrogen and oxygen atoms in total. The Kier molecular flexibility index (Phi) is 3.63. The molecule has 0 atom stereocenters. The van der Waals surface area contributed by atoms with Gasteiger partial charge in [0.05, 0.1) is 0 Å². The maximum absolute atomic E-state index is 6.06. The van der Waals surface area contributed by atoms with Gasteiger partial charge in [0.25, 0.3) is 0 Å². The van der Waals surface area contributed by atoms with Crippen LogP contribution in [0.3, 0.4) is 0 Å². The van der Waals surface area contributed by atoms with E-state index in [2.05, 4.69) is 44.3 Å². The van der Waals surface area contributed by atoms with Gasteiger partial charge in [-0.2, -0.15) is 0 Å². The van der Waals surface area contributed by atoms with E-state index in [9.17, 15) is 0 Å². The zero-order chi connectivity index (χ0) is 13.2. The van der Waals surface area contributed by atoms with E-state index in [1.165, 1.54) is 5.56 Å². The summed E-state index contributed by atoms with van der Waals surface area (Å²) in [6, 6.07) is 16.2. The van der Waals surface area contributed by atoms with Crippen LogP contribution >= 0.6 is 11.6 Å². The highest BCUT2D eigenvalue weighted by atomic mass is 35.5. The normalized spacial score (nSPS) is 11.3. The fourth-order valence-corrected chi connectivity index (χ4v) is 2.09. The molecule has 0 aromatic heterocycles. The van der Waals surface area contributed by atoms with E-state index < -0.39 is 0 Å². The summed E-state index contributed by atoms with van der Waals surface area (Å²) >= 11 is 6.06. The molecule has 0 bridgehead atoms. The largest absolute Gasteiger partial charge is 0.380 e. The third kappa shape index (κ3) is 3.27. The van der Waals surface area contributed by atoms with Crippen LogP contribution in [0.25, 0.3) is 11.1 Å². The number of anilines is 1. The zero-order valence-electron chi connectivity index (χ0n) is 11.0. The Balaban J connectivity index is 2.45. The molecule has 0 radical (unpaired) electrons. The maximum atomic E-state index is 6.06. The Labute approximate surface area is 114 Å². The van der Waals surface area contributed by atoms with Gasteiger partial charge in [0, 0.05) is 21.8 Å². The van der Waals surface area contributed by atoms with Crippen molar-refractivity contribution in [2.24, 2.45) is 0 Å². The fraction of sp³-hybridized carbons (Fsp3) is 0.250. The topological polar surface area (TPSA) is 12.0 Å². The molecule has 2 heteroatoms. The minimum atomic E-state index is 0.0364. The molecular weight excluding hydrogens is 242 g/mol. The first-order chi connectivity index (χ1) is 8.46. The van der Waals surface area contributed by atoms with Crippen molar-refractivity contribution in [1.29, 1.82) is 0 Å². The van der Waals surface area contributed by atoms with Crippen molar-refractivity contribution in [3.63, 3.8) is 0 Å². The van der Waals surface area contributed by atoms with Crippen molar-refractivity contribution < 1.29 is 0 Å².